The average molecular weight is 245 g/mol. The number of hydrogen-bond donors (Lipinski definition) is 0. The van der Waals surface area contributed by atoms with Crippen LogP contribution in [-0.4, -0.2) is 5.78 Å². The van der Waals surface area contributed by atoms with Gasteiger partial charge in [0.2, 0.25) is 0 Å². The number of halogens is 4. The van der Waals surface area contributed by atoms with Crippen LogP contribution in [0.2, 0.25) is 0 Å². The summed E-state index contributed by atoms with van der Waals surface area (Å²) in [6.07, 6.45) is -5.10. The molecule has 0 N–H and O–H groups in total. The van der Waals surface area contributed by atoms with Crippen molar-refractivity contribution in [1.82, 2.24) is 0 Å². The Morgan fingerprint density at radius 3 is 2.53 bits per heavy atom. The maximum absolute atomic E-state index is 12.9. The largest absolute Gasteiger partial charge is 0.419 e. The molecule has 0 aromatic heterocycles. The minimum Gasteiger partial charge on any atom is -0.294 e. The van der Waals surface area contributed by atoms with E-state index in [1.54, 1.807) is 6.07 Å². The lowest BCUT2D eigenvalue weighted by Crippen LogP contribution is -2.10. The SMILES string of the molecule is N#CCCC(=O)c1ccc(F)c(C(F)(F)F)c1. The summed E-state index contributed by atoms with van der Waals surface area (Å²) in [4.78, 5) is 11.4. The molecule has 0 spiro atoms. The van der Waals surface area contributed by atoms with Gasteiger partial charge >= 0.3 is 6.18 Å². The zero-order chi connectivity index (χ0) is 13.1. The lowest BCUT2D eigenvalue weighted by Gasteiger charge is -2.09. The highest BCUT2D eigenvalue weighted by Gasteiger charge is 2.34. The zero-order valence-electron chi connectivity index (χ0n) is 8.51. The molecule has 0 unspecified atom stereocenters. The summed E-state index contributed by atoms with van der Waals surface area (Å²) >= 11 is 0. The maximum atomic E-state index is 12.9. The highest BCUT2D eigenvalue weighted by atomic mass is 19.4. The van der Waals surface area contributed by atoms with Gasteiger partial charge in [0.1, 0.15) is 5.82 Å². The topological polar surface area (TPSA) is 40.9 Å². The van der Waals surface area contributed by atoms with Crippen molar-refractivity contribution >= 4 is 5.78 Å². The van der Waals surface area contributed by atoms with E-state index in [4.69, 9.17) is 5.26 Å². The third-order valence-electron chi connectivity index (χ3n) is 2.06. The predicted octanol–water partition coefficient (Wildman–Crippen LogP) is 3.33. The first kappa shape index (κ1) is 13.2. The first-order chi connectivity index (χ1) is 7.86. The molecule has 1 aromatic rings. The summed E-state index contributed by atoms with van der Waals surface area (Å²) in [6, 6.07) is 3.75. The highest BCUT2D eigenvalue weighted by molar-refractivity contribution is 5.96. The van der Waals surface area contributed by atoms with E-state index in [-0.39, 0.29) is 18.4 Å². The Bertz CT molecular complexity index is 473. The van der Waals surface area contributed by atoms with E-state index in [2.05, 4.69) is 0 Å². The fourth-order valence-electron chi connectivity index (χ4n) is 1.23. The molecule has 17 heavy (non-hydrogen) atoms. The Morgan fingerprint density at radius 1 is 1.35 bits per heavy atom. The summed E-state index contributed by atoms with van der Waals surface area (Å²) in [5.41, 5.74) is -1.71. The maximum Gasteiger partial charge on any atom is 0.419 e. The molecule has 0 bridgehead atoms. The van der Waals surface area contributed by atoms with E-state index in [1.807, 2.05) is 0 Å². The van der Waals surface area contributed by atoms with Gasteiger partial charge in [-0.1, -0.05) is 0 Å². The number of carbonyl (C=O) groups is 1. The summed E-state index contributed by atoms with van der Waals surface area (Å²) < 4.78 is 49.9. The van der Waals surface area contributed by atoms with Gasteiger partial charge in [-0.15, -0.1) is 0 Å². The molecule has 0 aliphatic rings. The summed E-state index contributed by atoms with van der Waals surface area (Å²) in [6.45, 7) is 0. The van der Waals surface area contributed by atoms with Crippen LogP contribution in [0.25, 0.3) is 0 Å². The van der Waals surface area contributed by atoms with E-state index in [0.717, 1.165) is 6.07 Å². The second-order valence-corrected chi connectivity index (χ2v) is 3.27. The van der Waals surface area contributed by atoms with Gasteiger partial charge in [0.25, 0.3) is 0 Å². The van der Waals surface area contributed by atoms with Crippen LogP contribution >= 0.6 is 0 Å². The van der Waals surface area contributed by atoms with Crippen LogP contribution in [-0.2, 0) is 6.18 Å². The van der Waals surface area contributed by atoms with Crippen LogP contribution in [0, 0.1) is 17.1 Å². The number of nitrogens with zero attached hydrogens (tertiary/aromatic N) is 1. The number of rotatable bonds is 3. The summed E-state index contributed by atoms with van der Waals surface area (Å²) in [5.74, 6) is -2.04. The second-order valence-electron chi connectivity index (χ2n) is 3.27. The minimum absolute atomic E-state index is 0.0858. The minimum atomic E-state index is -4.84. The van der Waals surface area contributed by atoms with Gasteiger partial charge in [-0.2, -0.15) is 18.4 Å². The van der Waals surface area contributed by atoms with Gasteiger partial charge in [0, 0.05) is 18.4 Å². The molecular weight excluding hydrogens is 238 g/mol. The molecule has 6 heteroatoms. The lowest BCUT2D eigenvalue weighted by atomic mass is 10.0. The van der Waals surface area contributed by atoms with E-state index in [0.29, 0.717) is 12.1 Å². The van der Waals surface area contributed by atoms with Gasteiger partial charge in [-0.25, -0.2) is 4.39 Å². The number of benzene rings is 1. The second kappa shape index (κ2) is 4.95. The Balaban J connectivity index is 3.05. The van der Waals surface area contributed by atoms with E-state index in [9.17, 15) is 22.4 Å². The molecule has 0 saturated carbocycles. The highest BCUT2D eigenvalue weighted by Crippen LogP contribution is 2.32. The molecule has 1 rings (SSSR count). The van der Waals surface area contributed by atoms with Gasteiger partial charge in [-0.05, 0) is 18.2 Å². The molecule has 2 nitrogen and oxygen atoms in total. The Morgan fingerprint density at radius 2 is 2.00 bits per heavy atom. The van der Waals surface area contributed by atoms with Crippen LogP contribution in [0.4, 0.5) is 17.6 Å². The van der Waals surface area contributed by atoms with Crippen molar-refractivity contribution in [3.8, 4) is 6.07 Å². The number of alkyl halides is 3. The quantitative estimate of drug-likeness (QED) is 0.605. The molecule has 0 radical (unpaired) electrons. The van der Waals surface area contributed by atoms with Gasteiger partial charge in [-0.3, -0.25) is 4.79 Å². The van der Waals surface area contributed by atoms with Crippen LogP contribution in [0.1, 0.15) is 28.8 Å². The molecule has 0 aliphatic heterocycles. The number of hydrogen-bond acceptors (Lipinski definition) is 2. The molecule has 1 aromatic carbocycles. The third-order valence-corrected chi connectivity index (χ3v) is 2.06. The molecule has 0 aliphatic carbocycles. The smallest absolute Gasteiger partial charge is 0.294 e. The molecule has 90 valence electrons. The summed E-state index contributed by atoms with van der Waals surface area (Å²) in [7, 11) is 0. The van der Waals surface area contributed by atoms with Crippen molar-refractivity contribution in [2.45, 2.75) is 19.0 Å². The molecule has 0 atom stereocenters. The third kappa shape index (κ3) is 3.28. The van der Waals surface area contributed by atoms with Crippen molar-refractivity contribution in [1.29, 1.82) is 5.26 Å². The number of Topliss-reactive ketones (excluding diaryl/α,β-unsaturated/α-hetero) is 1. The molecular formula is C11H7F4NO. The first-order valence-corrected chi connectivity index (χ1v) is 4.63. The van der Waals surface area contributed by atoms with Crippen molar-refractivity contribution in [3.05, 3.63) is 35.1 Å². The standard InChI is InChI=1S/C11H7F4NO/c12-9-4-3-7(10(17)2-1-5-16)6-8(9)11(13,14)15/h3-4,6H,1-2H2. The number of carbonyl (C=O) groups excluding carboxylic acids is 1. The zero-order valence-corrected chi connectivity index (χ0v) is 8.51. The fraction of sp³-hybridized carbons (Fsp3) is 0.273. The first-order valence-electron chi connectivity index (χ1n) is 4.63. The van der Waals surface area contributed by atoms with Crippen molar-refractivity contribution in [2.24, 2.45) is 0 Å². The molecule has 0 heterocycles. The van der Waals surface area contributed by atoms with Crippen LogP contribution in [0.15, 0.2) is 18.2 Å². The predicted molar refractivity (Wildman–Crippen MR) is 50.6 cm³/mol. The van der Waals surface area contributed by atoms with E-state index in [1.165, 1.54) is 0 Å². The Kier molecular flexibility index (Phi) is 3.84. The normalized spacial score (nSPS) is 11.0. The molecule has 0 amide bonds. The van der Waals surface area contributed by atoms with Crippen LogP contribution in [0.5, 0.6) is 0 Å². The van der Waals surface area contributed by atoms with Gasteiger partial charge in [0.15, 0.2) is 5.78 Å². The Labute approximate surface area is 94.5 Å². The Hall–Kier alpha value is -1.90. The van der Waals surface area contributed by atoms with Crippen LogP contribution in [0.3, 0.4) is 0 Å². The lowest BCUT2D eigenvalue weighted by molar-refractivity contribution is -0.140. The van der Waals surface area contributed by atoms with Gasteiger partial charge in [0.05, 0.1) is 11.6 Å². The monoisotopic (exact) mass is 245 g/mol. The molecule has 0 saturated heterocycles. The van der Waals surface area contributed by atoms with Crippen molar-refractivity contribution in [3.63, 3.8) is 0 Å². The fourth-order valence-corrected chi connectivity index (χ4v) is 1.23. The van der Waals surface area contributed by atoms with Crippen LogP contribution < -0.4 is 0 Å². The van der Waals surface area contributed by atoms with E-state index >= 15 is 0 Å². The van der Waals surface area contributed by atoms with E-state index < -0.39 is 23.3 Å². The van der Waals surface area contributed by atoms with Gasteiger partial charge < -0.3 is 0 Å². The average Bonchev–Trinajstić information content (AvgIpc) is 2.25. The number of nitriles is 1. The molecule has 0 fully saturated rings. The number of ketones is 1. The van der Waals surface area contributed by atoms with Crippen molar-refractivity contribution in [2.75, 3.05) is 0 Å². The van der Waals surface area contributed by atoms with Crippen molar-refractivity contribution < 1.29 is 22.4 Å². The summed E-state index contributed by atoms with van der Waals surface area (Å²) in [5, 5.41) is 8.25.